The number of ether oxygens (including phenoxy) is 1. The van der Waals surface area contributed by atoms with E-state index in [2.05, 4.69) is 68.0 Å². The molecule has 0 bridgehead atoms. The first-order valence-corrected chi connectivity index (χ1v) is 11.6. The highest BCUT2D eigenvalue weighted by Gasteiger charge is 2.33. The normalized spacial score (nSPS) is 24.5. The number of para-hydroxylation sites is 2. The van der Waals surface area contributed by atoms with Gasteiger partial charge in [0, 0.05) is 33.1 Å². The molecule has 0 spiro atoms. The van der Waals surface area contributed by atoms with E-state index in [0.29, 0.717) is 56.5 Å². The summed E-state index contributed by atoms with van der Waals surface area (Å²) in [4.78, 5) is 19.3. The fraction of sp³-hybridized carbons (Fsp3) is 0.600. The molecule has 1 N–H and O–H groups in total. The van der Waals surface area contributed by atoms with Crippen molar-refractivity contribution >= 4 is 17.1 Å². The van der Waals surface area contributed by atoms with Crippen LogP contribution < -0.4 is 5.32 Å². The smallest absolute Gasteiger partial charge is 0.317 e. The third-order valence-electron chi connectivity index (χ3n) is 7.18. The third-order valence-corrected chi connectivity index (χ3v) is 7.18. The molecule has 1 fully saturated rings. The van der Waals surface area contributed by atoms with E-state index in [-0.39, 0.29) is 6.03 Å². The SMILES string of the molecule is CC1=C[C@@H](CNC(=O)N2CCOCC2)[C@H](C(C)C)C[C@H]1Cc1nc2ccccc2n1C. The first-order chi connectivity index (χ1) is 14.9. The molecular weight excluding hydrogens is 388 g/mol. The fourth-order valence-corrected chi connectivity index (χ4v) is 5.19. The second-order valence-electron chi connectivity index (χ2n) is 9.48. The highest BCUT2D eigenvalue weighted by molar-refractivity contribution is 5.75. The zero-order chi connectivity index (χ0) is 22.0. The number of nitrogens with one attached hydrogen (secondary N) is 1. The molecule has 31 heavy (non-hydrogen) atoms. The van der Waals surface area contributed by atoms with E-state index in [4.69, 9.17) is 9.72 Å². The second kappa shape index (κ2) is 9.43. The van der Waals surface area contributed by atoms with Gasteiger partial charge < -0.3 is 19.5 Å². The number of aryl methyl sites for hydroxylation is 1. The molecule has 6 heteroatoms. The number of nitrogens with zero attached hydrogens (tertiary/aromatic N) is 3. The number of rotatable bonds is 5. The average Bonchev–Trinajstić information content (AvgIpc) is 3.09. The van der Waals surface area contributed by atoms with Crippen LogP contribution in [0.3, 0.4) is 0 Å². The molecular formula is C25H36N4O2. The Balaban J connectivity index is 1.45. The van der Waals surface area contributed by atoms with Crippen molar-refractivity contribution < 1.29 is 9.53 Å². The lowest BCUT2D eigenvalue weighted by Gasteiger charge is -2.37. The number of hydrogen-bond donors (Lipinski definition) is 1. The Morgan fingerprint density at radius 1 is 1.26 bits per heavy atom. The molecule has 2 aliphatic rings. The van der Waals surface area contributed by atoms with Crippen LogP contribution in [-0.4, -0.2) is 53.3 Å². The number of fused-ring (bicyclic) bond motifs is 1. The molecule has 0 saturated carbocycles. The number of carbonyl (C=O) groups excluding carboxylic acids is 1. The lowest BCUT2D eigenvalue weighted by atomic mass is 9.70. The lowest BCUT2D eigenvalue weighted by molar-refractivity contribution is 0.0527. The molecule has 1 aromatic carbocycles. The molecule has 4 rings (SSSR count). The van der Waals surface area contributed by atoms with Crippen molar-refractivity contribution in [3.05, 3.63) is 41.7 Å². The summed E-state index contributed by atoms with van der Waals surface area (Å²) in [5.41, 5.74) is 3.69. The lowest BCUT2D eigenvalue weighted by Crippen LogP contribution is -2.48. The van der Waals surface area contributed by atoms with E-state index in [1.165, 1.54) is 11.1 Å². The van der Waals surface area contributed by atoms with Gasteiger partial charge in [-0.15, -0.1) is 0 Å². The summed E-state index contributed by atoms with van der Waals surface area (Å²) in [5.74, 6) is 3.14. The topological polar surface area (TPSA) is 59.4 Å². The van der Waals surface area contributed by atoms with E-state index in [0.717, 1.165) is 24.2 Å². The van der Waals surface area contributed by atoms with Crippen LogP contribution >= 0.6 is 0 Å². The van der Waals surface area contributed by atoms with Crippen LogP contribution in [0, 0.1) is 23.7 Å². The standard InChI is InChI=1S/C25H36N4O2/c1-17(2)21-14-19(15-24-27-22-7-5-6-8-23(22)28(24)4)18(3)13-20(21)16-26-25(30)29-9-11-31-12-10-29/h5-8,13,17,19-21H,9-12,14-16H2,1-4H3,(H,26,30)/t19-,20-,21-/m0/s1. The Morgan fingerprint density at radius 3 is 2.71 bits per heavy atom. The van der Waals surface area contributed by atoms with Crippen molar-refractivity contribution in [2.24, 2.45) is 30.7 Å². The minimum Gasteiger partial charge on any atom is -0.378 e. The van der Waals surface area contributed by atoms with Crippen molar-refractivity contribution in [1.29, 1.82) is 0 Å². The van der Waals surface area contributed by atoms with E-state index < -0.39 is 0 Å². The first kappa shape index (κ1) is 21.9. The summed E-state index contributed by atoms with van der Waals surface area (Å²) in [5, 5.41) is 3.19. The Kier molecular flexibility index (Phi) is 6.65. The maximum absolute atomic E-state index is 12.6. The molecule has 2 heterocycles. The Morgan fingerprint density at radius 2 is 2.00 bits per heavy atom. The van der Waals surface area contributed by atoms with Gasteiger partial charge >= 0.3 is 6.03 Å². The molecule has 0 radical (unpaired) electrons. The van der Waals surface area contributed by atoms with Crippen LogP contribution in [0.1, 0.15) is 33.0 Å². The summed E-state index contributed by atoms with van der Waals surface area (Å²) >= 11 is 0. The number of morpholine rings is 1. The van der Waals surface area contributed by atoms with Gasteiger partial charge in [0.15, 0.2) is 0 Å². The maximum atomic E-state index is 12.6. The van der Waals surface area contributed by atoms with Gasteiger partial charge in [0.25, 0.3) is 0 Å². The van der Waals surface area contributed by atoms with Gasteiger partial charge in [0.2, 0.25) is 0 Å². The summed E-state index contributed by atoms with van der Waals surface area (Å²) < 4.78 is 7.59. The zero-order valence-electron chi connectivity index (χ0n) is 19.3. The van der Waals surface area contributed by atoms with Crippen LogP contribution in [0.2, 0.25) is 0 Å². The van der Waals surface area contributed by atoms with Gasteiger partial charge in [-0.3, -0.25) is 0 Å². The van der Waals surface area contributed by atoms with Gasteiger partial charge in [-0.25, -0.2) is 9.78 Å². The predicted molar refractivity (Wildman–Crippen MR) is 124 cm³/mol. The number of hydrogen-bond acceptors (Lipinski definition) is 3. The van der Waals surface area contributed by atoms with Crippen LogP contribution in [0.4, 0.5) is 4.79 Å². The van der Waals surface area contributed by atoms with E-state index >= 15 is 0 Å². The van der Waals surface area contributed by atoms with Gasteiger partial charge in [-0.2, -0.15) is 0 Å². The largest absolute Gasteiger partial charge is 0.378 e. The monoisotopic (exact) mass is 424 g/mol. The number of allylic oxidation sites excluding steroid dienone is 1. The molecule has 0 unspecified atom stereocenters. The highest BCUT2D eigenvalue weighted by Crippen LogP contribution is 2.38. The molecule has 1 aliphatic carbocycles. The molecule has 6 nitrogen and oxygen atoms in total. The number of aromatic nitrogens is 2. The predicted octanol–water partition coefficient (Wildman–Crippen LogP) is 4.01. The zero-order valence-corrected chi connectivity index (χ0v) is 19.3. The molecule has 3 atom stereocenters. The molecule has 1 saturated heterocycles. The Labute approximate surface area is 185 Å². The van der Waals surface area contributed by atoms with Crippen LogP contribution in [0.15, 0.2) is 35.9 Å². The van der Waals surface area contributed by atoms with Gasteiger partial charge in [-0.1, -0.05) is 37.6 Å². The second-order valence-corrected chi connectivity index (χ2v) is 9.48. The van der Waals surface area contributed by atoms with Crippen LogP contribution in [-0.2, 0) is 18.2 Å². The van der Waals surface area contributed by atoms with Gasteiger partial charge in [-0.05, 0) is 49.1 Å². The Bertz CT molecular complexity index is 942. The van der Waals surface area contributed by atoms with Crippen molar-refractivity contribution in [3.8, 4) is 0 Å². The average molecular weight is 425 g/mol. The van der Waals surface area contributed by atoms with E-state index in [1.807, 2.05) is 4.90 Å². The molecule has 1 aliphatic heterocycles. The first-order valence-electron chi connectivity index (χ1n) is 11.6. The third kappa shape index (κ3) is 4.79. The molecule has 2 aromatic rings. The van der Waals surface area contributed by atoms with Crippen LogP contribution in [0.25, 0.3) is 11.0 Å². The van der Waals surface area contributed by atoms with E-state index in [1.54, 1.807) is 0 Å². The van der Waals surface area contributed by atoms with Crippen molar-refractivity contribution in [2.45, 2.75) is 33.6 Å². The highest BCUT2D eigenvalue weighted by atomic mass is 16.5. The minimum absolute atomic E-state index is 0.0404. The number of carbonyl (C=O) groups is 1. The van der Waals surface area contributed by atoms with Crippen molar-refractivity contribution in [2.75, 3.05) is 32.8 Å². The summed E-state index contributed by atoms with van der Waals surface area (Å²) in [7, 11) is 2.12. The quantitative estimate of drug-likeness (QED) is 0.738. The summed E-state index contributed by atoms with van der Waals surface area (Å²) in [6.07, 6.45) is 4.52. The molecule has 2 amide bonds. The van der Waals surface area contributed by atoms with Crippen molar-refractivity contribution in [1.82, 2.24) is 19.8 Å². The maximum Gasteiger partial charge on any atom is 0.317 e. The van der Waals surface area contributed by atoms with Crippen molar-refractivity contribution in [3.63, 3.8) is 0 Å². The fourth-order valence-electron chi connectivity index (χ4n) is 5.19. The molecule has 168 valence electrons. The van der Waals surface area contributed by atoms with Gasteiger partial charge in [0.05, 0.1) is 24.2 Å². The number of amides is 2. The Hall–Kier alpha value is -2.34. The number of imidazole rings is 1. The number of benzene rings is 1. The number of urea groups is 1. The minimum atomic E-state index is 0.0404. The van der Waals surface area contributed by atoms with Gasteiger partial charge in [0.1, 0.15) is 5.82 Å². The molecule has 1 aromatic heterocycles. The van der Waals surface area contributed by atoms with Crippen LogP contribution in [0.5, 0.6) is 0 Å². The summed E-state index contributed by atoms with van der Waals surface area (Å²) in [6.45, 7) is 10.2. The van der Waals surface area contributed by atoms with E-state index in [9.17, 15) is 4.79 Å². The summed E-state index contributed by atoms with van der Waals surface area (Å²) in [6, 6.07) is 8.39.